The number of fused-ring (bicyclic) bond motifs is 1. The Hall–Kier alpha value is -2.42. The quantitative estimate of drug-likeness (QED) is 0.776. The predicted molar refractivity (Wildman–Crippen MR) is 75.5 cm³/mol. The molecule has 0 bridgehead atoms. The van der Waals surface area contributed by atoms with Gasteiger partial charge in [-0.1, -0.05) is 11.3 Å². The summed E-state index contributed by atoms with van der Waals surface area (Å²) in [7, 11) is 0. The maximum atomic E-state index is 12.5. The van der Waals surface area contributed by atoms with Crippen molar-refractivity contribution in [1.82, 2.24) is 15.0 Å². The van der Waals surface area contributed by atoms with E-state index in [1.807, 2.05) is 6.07 Å². The average Bonchev–Trinajstić information content (AvgIpc) is 3.06. The molecule has 9 heteroatoms. The van der Waals surface area contributed by atoms with Crippen LogP contribution in [0.1, 0.15) is 10.4 Å². The number of thiazole rings is 1. The molecule has 0 saturated heterocycles. The van der Waals surface area contributed by atoms with E-state index in [1.54, 1.807) is 18.5 Å². The molecule has 0 spiro atoms. The number of carbonyl (C=O) groups excluding carboxylic acids is 1. The lowest BCUT2D eigenvalue weighted by Crippen LogP contribution is -2.13. The summed E-state index contributed by atoms with van der Waals surface area (Å²) in [6.45, 7) is 0. The van der Waals surface area contributed by atoms with Crippen molar-refractivity contribution in [3.8, 4) is 0 Å². The van der Waals surface area contributed by atoms with Crippen LogP contribution in [0.15, 0.2) is 30.7 Å². The van der Waals surface area contributed by atoms with E-state index in [-0.39, 0.29) is 11.6 Å². The summed E-state index contributed by atoms with van der Waals surface area (Å²) in [4.78, 5) is 21.7. The number of aromatic amines is 1. The van der Waals surface area contributed by atoms with E-state index in [4.69, 9.17) is 0 Å². The maximum absolute atomic E-state index is 12.5. The van der Waals surface area contributed by atoms with E-state index in [2.05, 4.69) is 20.3 Å². The van der Waals surface area contributed by atoms with Crippen molar-refractivity contribution >= 4 is 33.4 Å². The monoisotopic (exact) mass is 326 g/mol. The fraction of sp³-hybridized carbons (Fsp3) is 0.154. The van der Waals surface area contributed by atoms with Gasteiger partial charge < -0.3 is 10.3 Å². The first-order chi connectivity index (χ1) is 10.4. The largest absolute Gasteiger partial charge is 0.427 e. The molecule has 0 radical (unpaired) electrons. The number of hydrogen-bond donors (Lipinski definition) is 2. The van der Waals surface area contributed by atoms with E-state index >= 15 is 0 Å². The van der Waals surface area contributed by atoms with Crippen LogP contribution in [0.4, 0.5) is 18.3 Å². The van der Waals surface area contributed by atoms with Gasteiger partial charge in [0, 0.05) is 17.8 Å². The highest BCUT2D eigenvalue weighted by atomic mass is 32.1. The minimum atomic E-state index is -4.46. The number of nitrogens with one attached hydrogen (secondary N) is 2. The Morgan fingerprint density at radius 1 is 1.36 bits per heavy atom. The highest BCUT2D eigenvalue weighted by Gasteiger charge is 2.33. The van der Waals surface area contributed by atoms with Gasteiger partial charge >= 0.3 is 6.18 Å². The Morgan fingerprint density at radius 3 is 2.91 bits per heavy atom. The summed E-state index contributed by atoms with van der Waals surface area (Å²) in [5.74, 6) is -0.437. The fourth-order valence-electron chi connectivity index (χ4n) is 1.96. The SMILES string of the molecule is O=C(Cc1c[nH]c2ncccc12)Nc1ncc(C(F)(F)F)s1. The predicted octanol–water partition coefficient (Wildman–Crippen LogP) is 3.22. The van der Waals surface area contributed by atoms with Gasteiger partial charge in [-0.3, -0.25) is 4.79 Å². The zero-order valence-corrected chi connectivity index (χ0v) is 11.8. The topological polar surface area (TPSA) is 70.7 Å². The van der Waals surface area contributed by atoms with Crippen LogP contribution < -0.4 is 5.32 Å². The summed E-state index contributed by atoms with van der Waals surface area (Å²) >= 11 is 0.396. The standard InChI is InChI=1S/C13H9F3N4OS/c14-13(15,16)9-6-19-12(22-9)20-10(21)4-7-5-18-11-8(7)2-1-3-17-11/h1-3,5-6H,4H2,(H,17,18)(H,19,20,21). The van der Waals surface area contributed by atoms with E-state index in [9.17, 15) is 18.0 Å². The van der Waals surface area contributed by atoms with Crippen molar-refractivity contribution in [3.63, 3.8) is 0 Å². The second kappa shape index (κ2) is 5.41. The molecular weight excluding hydrogens is 317 g/mol. The number of rotatable bonds is 3. The molecule has 1 amide bonds. The Labute approximate surface area is 126 Å². The van der Waals surface area contributed by atoms with E-state index < -0.39 is 17.0 Å². The highest BCUT2D eigenvalue weighted by Crippen LogP contribution is 2.35. The van der Waals surface area contributed by atoms with Gasteiger partial charge in [0.1, 0.15) is 10.5 Å². The third-order valence-corrected chi connectivity index (χ3v) is 3.88. The molecule has 2 N–H and O–H groups in total. The smallest absolute Gasteiger partial charge is 0.346 e. The molecule has 5 nitrogen and oxygen atoms in total. The lowest BCUT2D eigenvalue weighted by atomic mass is 10.1. The summed E-state index contributed by atoms with van der Waals surface area (Å²) in [6, 6.07) is 3.56. The number of amides is 1. The van der Waals surface area contributed by atoms with Crippen LogP contribution in [0.25, 0.3) is 11.0 Å². The van der Waals surface area contributed by atoms with E-state index in [1.165, 1.54) is 0 Å². The van der Waals surface area contributed by atoms with Crippen molar-refractivity contribution in [2.24, 2.45) is 0 Å². The third-order valence-electron chi connectivity index (χ3n) is 2.92. The number of carbonyl (C=O) groups is 1. The van der Waals surface area contributed by atoms with Gasteiger partial charge in [0.15, 0.2) is 5.13 Å². The number of H-pyrrole nitrogens is 1. The molecule has 0 aromatic carbocycles. The molecule has 0 aliphatic heterocycles. The molecule has 3 rings (SSSR count). The van der Waals surface area contributed by atoms with Gasteiger partial charge in [-0.15, -0.1) is 0 Å². The molecule has 0 atom stereocenters. The molecule has 0 aliphatic rings. The number of pyridine rings is 1. The zero-order chi connectivity index (χ0) is 15.7. The van der Waals surface area contributed by atoms with Gasteiger partial charge in [-0.05, 0) is 17.7 Å². The number of aromatic nitrogens is 3. The van der Waals surface area contributed by atoms with E-state index in [0.717, 1.165) is 5.39 Å². The Morgan fingerprint density at radius 2 is 2.18 bits per heavy atom. The van der Waals surface area contributed by atoms with Crippen molar-refractivity contribution < 1.29 is 18.0 Å². The molecule has 3 heterocycles. The number of hydrogen-bond acceptors (Lipinski definition) is 4. The Kier molecular flexibility index (Phi) is 3.57. The lowest BCUT2D eigenvalue weighted by Gasteiger charge is -2.01. The van der Waals surface area contributed by atoms with Crippen LogP contribution in [-0.4, -0.2) is 20.9 Å². The second-order valence-corrected chi connectivity index (χ2v) is 5.50. The van der Waals surface area contributed by atoms with Gasteiger partial charge in [0.25, 0.3) is 0 Å². The first-order valence-electron chi connectivity index (χ1n) is 6.17. The summed E-state index contributed by atoms with van der Waals surface area (Å²) < 4.78 is 37.4. The summed E-state index contributed by atoms with van der Waals surface area (Å²) in [5, 5.41) is 3.10. The normalized spacial score (nSPS) is 11.8. The van der Waals surface area contributed by atoms with Crippen molar-refractivity contribution in [1.29, 1.82) is 0 Å². The van der Waals surface area contributed by atoms with Crippen LogP contribution in [0.2, 0.25) is 0 Å². The zero-order valence-electron chi connectivity index (χ0n) is 10.9. The van der Waals surface area contributed by atoms with Gasteiger partial charge in [0.05, 0.1) is 12.6 Å². The van der Waals surface area contributed by atoms with Crippen molar-refractivity contribution in [2.75, 3.05) is 5.32 Å². The number of halogens is 3. The van der Waals surface area contributed by atoms with Crippen molar-refractivity contribution in [3.05, 3.63) is 41.2 Å². The summed E-state index contributed by atoms with van der Waals surface area (Å²) in [5.41, 5.74) is 1.37. The average molecular weight is 326 g/mol. The van der Waals surface area contributed by atoms with Crippen LogP contribution in [0.5, 0.6) is 0 Å². The molecule has 114 valence electrons. The number of nitrogens with zero attached hydrogens (tertiary/aromatic N) is 2. The minimum absolute atomic E-state index is 0.0205. The molecular formula is C13H9F3N4OS. The molecule has 0 aliphatic carbocycles. The highest BCUT2D eigenvalue weighted by molar-refractivity contribution is 7.15. The first-order valence-corrected chi connectivity index (χ1v) is 6.99. The van der Waals surface area contributed by atoms with Gasteiger partial charge in [-0.2, -0.15) is 13.2 Å². The molecule has 22 heavy (non-hydrogen) atoms. The Balaban J connectivity index is 1.71. The van der Waals surface area contributed by atoms with Gasteiger partial charge in [0.2, 0.25) is 5.91 Å². The fourth-order valence-corrected chi connectivity index (χ4v) is 2.66. The number of alkyl halides is 3. The molecule has 3 aromatic heterocycles. The van der Waals surface area contributed by atoms with E-state index in [0.29, 0.717) is 28.7 Å². The molecule has 0 unspecified atom stereocenters. The second-order valence-electron chi connectivity index (χ2n) is 4.47. The maximum Gasteiger partial charge on any atom is 0.427 e. The van der Waals surface area contributed by atoms with Crippen LogP contribution in [0, 0.1) is 0 Å². The Bertz CT molecular complexity index is 824. The molecule has 0 fully saturated rings. The number of anilines is 1. The van der Waals surface area contributed by atoms with Crippen molar-refractivity contribution in [2.45, 2.75) is 12.6 Å². The third kappa shape index (κ3) is 2.93. The molecule has 0 saturated carbocycles. The summed E-state index contributed by atoms with van der Waals surface area (Å²) in [6.07, 6.45) is -0.456. The van der Waals surface area contributed by atoms with Crippen LogP contribution >= 0.6 is 11.3 Å². The molecule has 3 aromatic rings. The first kappa shape index (κ1) is 14.5. The minimum Gasteiger partial charge on any atom is -0.346 e. The van der Waals surface area contributed by atoms with Gasteiger partial charge in [-0.25, -0.2) is 9.97 Å². The lowest BCUT2D eigenvalue weighted by molar-refractivity contribution is -0.134. The van der Waals surface area contributed by atoms with Crippen LogP contribution in [-0.2, 0) is 17.4 Å². The van der Waals surface area contributed by atoms with Crippen LogP contribution in [0.3, 0.4) is 0 Å².